The molecule has 3 nitrogen and oxygen atoms in total. The van der Waals surface area contributed by atoms with E-state index in [0.29, 0.717) is 11.3 Å². The van der Waals surface area contributed by atoms with Gasteiger partial charge in [0.15, 0.2) is 0 Å². The molecular weight excluding hydrogens is 408 g/mol. The molecule has 5 unspecified atom stereocenters. The summed E-state index contributed by atoms with van der Waals surface area (Å²) in [5.74, 6) is 2.94. The molecule has 0 heterocycles. The maximum Gasteiger partial charge on any atom is 0.306 e. The van der Waals surface area contributed by atoms with E-state index in [2.05, 4.69) is 39.8 Å². The molecule has 3 rings (SSSR count). The van der Waals surface area contributed by atoms with Gasteiger partial charge in [0.05, 0.1) is 6.42 Å². The number of aldehydes is 1. The Labute approximate surface area is 202 Å². The molecule has 2 fully saturated rings. The first kappa shape index (κ1) is 26.2. The minimum absolute atomic E-state index is 0.0501. The molecule has 0 spiro atoms. The molecule has 0 N–H and O–H groups in total. The van der Waals surface area contributed by atoms with Gasteiger partial charge >= 0.3 is 5.97 Å². The van der Waals surface area contributed by atoms with Crippen molar-refractivity contribution in [2.24, 2.45) is 29.1 Å². The molecule has 0 bridgehead atoms. The van der Waals surface area contributed by atoms with Gasteiger partial charge < -0.3 is 9.53 Å². The zero-order valence-corrected chi connectivity index (χ0v) is 21.7. The van der Waals surface area contributed by atoms with Crippen molar-refractivity contribution in [2.75, 3.05) is 0 Å². The molecule has 3 aliphatic carbocycles. The summed E-state index contributed by atoms with van der Waals surface area (Å²) in [6.45, 7) is 9.47. The van der Waals surface area contributed by atoms with Crippen LogP contribution in [0.3, 0.4) is 0 Å². The first-order chi connectivity index (χ1) is 15.8. The predicted octanol–water partition coefficient (Wildman–Crippen LogP) is 7.98. The number of carbonyl (C=O) groups excluding carboxylic acids is 2. The first-order valence-electron chi connectivity index (χ1n) is 13.8. The lowest BCUT2D eigenvalue weighted by Crippen LogP contribution is -2.37. The summed E-state index contributed by atoms with van der Waals surface area (Å²) in [6, 6.07) is 0. The third kappa shape index (κ3) is 7.06. The normalized spacial score (nSPS) is 35.5. The van der Waals surface area contributed by atoms with Crippen LogP contribution in [0.1, 0.15) is 118 Å². The molecule has 3 aliphatic rings. The zero-order valence-electron chi connectivity index (χ0n) is 21.7. The number of fused-ring (bicyclic) bond motifs is 3. The maximum atomic E-state index is 12.1. The zero-order chi connectivity index (χ0) is 23.8. The molecule has 0 aliphatic heterocycles. The Kier molecular flexibility index (Phi) is 9.82. The molecule has 0 aromatic rings. The third-order valence-corrected chi connectivity index (χ3v) is 8.97. The smallest absolute Gasteiger partial charge is 0.306 e. The van der Waals surface area contributed by atoms with E-state index >= 15 is 0 Å². The number of carbonyl (C=O) groups is 2. The van der Waals surface area contributed by atoms with Crippen LogP contribution in [-0.2, 0) is 14.3 Å². The number of hydrogen-bond donors (Lipinski definition) is 0. The van der Waals surface area contributed by atoms with E-state index in [0.717, 1.165) is 43.3 Å². The van der Waals surface area contributed by atoms with Crippen molar-refractivity contribution < 1.29 is 14.3 Å². The highest BCUT2D eigenvalue weighted by Gasteiger charge is 2.50. The number of rotatable bonds is 9. The van der Waals surface area contributed by atoms with Crippen LogP contribution in [0.15, 0.2) is 23.3 Å². The molecule has 0 saturated heterocycles. The SMILES string of the molecule is C/C1=C\C=C2/C(CCCC(OC(=O)CCC=O)C1)CCC1(C)C(CCCCC(C)C)CCC21. The lowest BCUT2D eigenvalue weighted by molar-refractivity contribution is -0.150. The molecule has 2 saturated carbocycles. The van der Waals surface area contributed by atoms with Crippen LogP contribution in [0, 0.1) is 29.1 Å². The second-order valence-corrected chi connectivity index (χ2v) is 11.9. The fourth-order valence-electron chi connectivity index (χ4n) is 7.04. The number of allylic oxidation sites excluding steroid dienone is 3. The lowest BCUT2D eigenvalue weighted by Gasteiger charge is -2.46. The van der Waals surface area contributed by atoms with E-state index < -0.39 is 0 Å². The van der Waals surface area contributed by atoms with Gasteiger partial charge in [-0.3, -0.25) is 4.79 Å². The largest absolute Gasteiger partial charge is 0.462 e. The molecule has 3 heteroatoms. The van der Waals surface area contributed by atoms with Crippen LogP contribution in [-0.4, -0.2) is 18.4 Å². The highest BCUT2D eigenvalue weighted by atomic mass is 16.5. The molecule has 0 amide bonds. The topological polar surface area (TPSA) is 43.4 Å². The number of esters is 1. The minimum Gasteiger partial charge on any atom is -0.462 e. The van der Waals surface area contributed by atoms with Gasteiger partial charge in [-0.1, -0.05) is 63.3 Å². The standard InChI is InChI=1S/C30H48O3/c1-22(2)9-5-6-11-25-15-17-28-27-16-14-23(3)21-26(33-29(32)13-8-20-31)12-7-10-24(27)18-19-30(25,28)4/h14,16,20,22,24-26,28H,5-13,15,17-19,21H2,1-4H3/b23-14+,27-16+. The maximum absolute atomic E-state index is 12.1. The highest BCUT2D eigenvalue weighted by molar-refractivity contribution is 5.72. The highest BCUT2D eigenvalue weighted by Crippen LogP contribution is 2.60. The molecule has 0 aromatic heterocycles. The van der Waals surface area contributed by atoms with Gasteiger partial charge in [0.25, 0.3) is 0 Å². The molecule has 0 radical (unpaired) electrons. The average Bonchev–Trinajstić information content (AvgIpc) is 3.10. The quantitative estimate of drug-likeness (QED) is 0.201. The lowest BCUT2D eigenvalue weighted by atomic mass is 9.59. The average molecular weight is 457 g/mol. The molecule has 186 valence electrons. The van der Waals surface area contributed by atoms with E-state index in [9.17, 15) is 9.59 Å². The van der Waals surface area contributed by atoms with Crippen LogP contribution in [0.4, 0.5) is 0 Å². The van der Waals surface area contributed by atoms with Crippen LogP contribution in [0.25, 0.3) is 0 Å². The first-order valence-corrected chi connectivity index (χ1v) is 13.8. The summed E-state index contributed by atoms with van der Waals surface area (Å²) in [7, 11) is 0. The van der Waals surface area contributed by atoms with E-state index in [1.807, 2.05) is 0 Å². The summed E-state index contributed by atoms with van der Waals surface area (Å²) in [6.07, 6.45) is 21.1. The summed E-state index contributed by atoms with van der Waals surface area (Å²) >= 11 is 0. The van der Waals surface area contributed by atoms with Crippen LogP contribution >= 0.6 is 0 Å². The van der Waals surface area contributed by atoms with Crippen molar-refractivity contribution in [1.29, 1.82) is 0 Å². The Morgan fingerprint density at radius 2 is 1.97 bits per heavy atom. The van der Waals surface area contributed by atoms with Crippen molar-refractivity contribution in [3.05, 3.63) is 23.3 Å². The summed E-state index contributed by atoms with van der Waals surface area (Å²) in [4.78, 5) is 22.6. The summed E-state index contributed by atoms with van der Waals surface area (Å²) in [5.41, 5.74) is 3.52. The van der Waals surface area contributed by atoms with Crippen LogP contribution in [0.2, 0.25) is 0 Å². The monoisotopic (exact) mass is 456 g/mol. The van der Waals surface area contributed by atoms with E-state index in [-0.39, 0.29) is 24.9 Å². The minimum atomic E-state index is -0.230. The number of unbranched alkanes of at least 4 members (excludes halogenated alkanes) is 1. The third-order valence-electron chi connectivity index (χ3n) is 8.97. The van der Waals surface area contributed by atoms with Gasteiger partial charge in [-0.25, -0.2) is 0 Å². The Morgan fingerprint density at radius 3 is 2.73 bits per heavy atom. The van der Waals surface area contributed by atoms with Gasteiger partial charge in [0.1, 0.15) is 12.4 Å². The van der Waals surface area contributed by atoms with Crippen molar-refractivity contribution in [3.8, 4) is 0 Å². The Bertz CT molecular complexity index is 718. The van der Waals surface area contributed by atoms with Crippen molar-refractivity contribution in [3.63, 3.8) is 0 Å². The van der Waals surface area contributed by atoms with Crippen LogP contribution < -0.4 is 0 Å². The van der Waals surface area contributed by atoms with Gasteiger partial charge in [-0.15, -0.1) is 0 Å². The van der Waals surface area contributed by atoms with E-state index in [1.54, 1.807) is 5.57 Å². The second kappa shape index (κ2) is 12.4. The Hall–Kier alpha value is -1.38. The molecule has 33 heavy (non-hydrogen) atoms. The second-order valence-electron chi connectivity index (χ2n) is 11.9. The van der Waals surface area contributed by atoms with Crippen molar-refractivity contribution >= 4 is 12.3 Å². The summed E-state index contributed by atoms with van der Waals surface area (Å²) < 4.78 is 5.73. The van der Waals surface area contributed by atoms with Crippen LogP contribution in [0.5, 0.6) is 0 Å². The number of ether oxygens (including phenoxy) is 1. The molecule has 0 aromatic carbocycles. The Balaban J connectivity index is 1.66. The van der Waals surface area contributed by atoms with E-state index in [4.69, 9.17) is 4.74 Å². The summed E-state index contributed by atoms with van der Waals surface area (Å²) in [5, 5.41) is 0. The van der Waals surface area contributed by atoms with Gasteiger partial charge in [-0.2, -0.15) is 0 Å². The van der Waals surface area contributed by atoms with Crippen molar-refractivity contribution in [2.45, 2.75) is 124 Å². The fourth-order valence-corrected chi connectivity index (χ4v) is 7.04. The van der Waals surface area contributed by atoms with Crippen molar-refractivity contribution in [1.82, 2.24) is 0 Å². The molecule has 5 atom stereocenters. The Morgan fingerprint density at radius 1 is 1.15 bits per heavy atom. The van der Waals surface area contributed by atoms with Gasteiger partial charge in [-0.05, 0) is 87.4 Å². The predicted molar refractivity (Wildman–Crippen MR) is 136 cm³/mol. The van der Waals surface area contributed by atoms with Gasteiger partial charge in [0.2, 0.25) is 0 Å². The van der Waals surface area contributed by atoms with Gasteiger partial charge in [0, 0.05) is 12.8 Å². The fraction of sp³-hybridized carbons (Fsp3) is 0.800. The van der Waals surface area contributed by atoms with E-state index in [1.165, 1.54) is 63.4 Å². The molecular formula is C30H48O3. The number of hydrogen-bond acceptors (Lipinski definition) is 3.